The summed E-state index contributed by atoms with van der Waals surface area (Å²) in [5.41, 5.74) is 4.05. The molecule has 26 heavy (non-hydrogen) atoms. The Labute approximate surface area is 169 Å². The molecule has 2 heterocycles. The zero-order valence-corrected chi connectivity index (χ0v) is 18.1. The van der Waals surface area contributed by atoms with Gasteiger partial charge in [-0.25, -0.2) is 4.98 Å². The average molecular weight is 423 g/mol. The fourth-order valence-electron chi connectivity index (χ4n) is 2.40. The smallest absolute Gasteiger partial charge is 0.230 e. The highest BCUT2D eigenvalue weighted by Crippen LogP contribution is 2.34. The van der Waals surface area contributed by atoms with Gasteiger partial charge in [-0.1, -0.05) is 52.6 Å². The van der Waals surface area contributed by atoms with Crippen LogP contribution in [0, 0.1) is 13.8 Å². The molecular weight excluding hydrogens is 404 g/mol. The number of nitrogens with zero attached hydrogens (tertiary/aromatic N) is 4. The summed E-state index contributed by atoms with van der Waals surface area (Å²) in [5, 5.41) is 11.0. The van der Waals surface area contributed by atoms with Crippen LogP contribution in [0.4, 0.5) is 10.8 Å². The Morgan fingerprint density at radius 3 is 2.65 bits per heavy atom. The van der Waals surface area contributed by atoms with Crippen LogP contribution in [0.5, 0.6) is 0 Å². The van der Waals surface area contributed by atoms with Crippen LogP contribution in [-0.2, 0) is 10.5 Å². The number of rotatable bonds is 6. The van der Waals surface area contributed by atoms with Crippen molar-refractivity contribution in [1.29, 1.82) is 0 Å². The van der Waals surface area contributed by atoms with Gasteiger partial charge in [0.1, 0.15) is 0 Å². The molecule has 136 valence electrons. The predicted octanol–water partition coefficient (Wildman–Crippen LogP) is 5.31. The largest absolute Gasteiger partial charge is 0.274 e. The van der Waals surface area contributed by atoms with Gasteiger partial charge in [0.25, 0.3) is 0 Å². The molecule has 0 unspecified atom stereocenters. The minimum atomic E-state index is -0.0424. The number of thiazole rings is 1. The lowest BCUT2D eigenvalue weighted by Crippen LogP contribution is -2.23. The molecule has 0 spiro atoms. The molecule has 9 heteroatoms. The second kappa shape index (κ2) is 8.51. The number of carbonyl (C=O) groups excluding carboxylic acids is 1. The molecule has 0 fully saturated rings. The zero-order chi connectivity index (χ0) is 18.7. The van der Waals surface area contributed by atoms with E-state index in [9.17, 15) is 4.79 Å². The molecule has 0 aliphatic rings. The first-order chi connectivity index (χ1) is 12.5. The van der Waals surface area contributed by atoms with Gasteiger partial charge in [-0.15, -0.1) is 21.5 Å². The van der Waals surface area contributed by atoms with Crippen LogP contribution >= 0.6 is 46.2 Å². The molecule has 0 bridgehead atoms. The summed E-state index contributed by atoms with van der Waals surface area (Å²) >= 11 is 6.28. The van der Waals surface area contributed by atoms with E-state index in [0.717, 1.165) is 25.6 Å². The molecule has 0 saturated heterocycles. The number of benzene rings is 1. The van der Waals surface area contributed by atoms with E-state index < -0.39 is 0 Å². The summed E-state index contributed by atoms with van der Waals surface area (Å²) in [4.78, 5) is 18.6. The van der Waals surface area contributed by atoms with Gasteiger partial charge < -0.3 is 0 Å². The second-order valence-electron chi connectivity index (χ2n) is 5.59. The lowest BCUT2D eigenvalue weighted by atomic mass is 10.1. The van der Waals surface area contributed by atoms with Gasteiger partial charge in [0, 0.05) is 18.1 Å². The van der Waals surface area contributed by atoms with Crippen molar-refractivity contribution < 1.29 is 4.79 Å². The SMILES string of the molecule is CSc1nnc(SCc2csc(N(C(C)=O)c3ccc(C)cc3C)n2)s1. The maximum Gasteiger partial charge on any atom is 0.230 e. The van der Waals surface area contributed by atoms with E-state index >= 15 is 0 Å². The zero-order valence-electron chi connectivity index (χ0n) is 14.8. The molecule has 0 aliphatic carbocycles. The van der Waals surface area contributed by atoms with Gasteiger partial charge >= 0.3 is 0 Å². The number of thioether (sulfide) groups is 2. The van der Waals surface area contributed by atoms with Crippen LogP contribution in [-0.4, -0.2) is 27.3 Å². The topological polar surface area (TPSA) is 59.0 Å². The van der Waals surface area contributed by atoms with Crippen molar-refractivity contribution in [2.24, 2.45) is 0 Å². The van der Waals surface area contributed by atoms with Crippen molar-refractivity contribution in [2.75, 3.05) is 11.2 Å². The third kappa shape index (κ3) is 4.46. The number of anilines is 2. The van der Waals surface area contributed by atoms with E-state index in [4.69, 9.17) is 0 Å². The van der Waals surface area contributed by atoms with Crippen molar-refractivity contribution in [2.45, 2.75) is 35.2 Å². The van der Waals surface area contributed by atoms with Crippen molar-refractivity contribution in [3.05, 3.63) is 40.4 Å². The van der Waals surface area contributed by atoms with Crippen LogP contribution in [0.3, 0.4) is 0 Å². The fraction of sp³-hybridized carbons (Fsp3) is 0.294. The van der Waals surface area contributed by atoms with Crippen molar-refractivity contribution in [1.82, 2.24) is 15.2 Å². The maximum absolute atomic E-state index is 12.3. The molecule has 2 aromatic heterocycles. The Morgan fingerprint density at radius 1 is 1.23 bits per heavy atom. The highest BCUT2D eigenvalue weighted by molar-refractivity contribution is 8.02. The molecular formula is C17H18N4OS4. The van der Waals surface area contributed by atoms with E-state index in [2.05, 4.69) is 21.2 Å². The normalized spacial score (nSPS) is 10.9. The molecule has 3 aromatic rings. The van der Waals surface area contributed by atoms with Crippen LogP contribution in [0.25, 0.3) is 0 Å². The van der Waals surface area contributed by atoms with Gasteiger partial charge in [0.05, 0.1) is 11.4 Å². The minimum Gasteiger partial charge on any atom is -0.274 e. The van der Waals surface area contributed by atoms with Crippen molar-refractivity contribution >= 4 is 62.9 Å². The van der Waals surface area contributed by atoms with Crippen molar-refractivity contribution in [3.63, 3.8) is 0 Å². The average Bonchev–Trinajstić information content (AvgIpc) is 3.24. The number of hydrogen-bond donors (Lipinski definition) is 0. The molecule has 1 aromatic carbocycles. The van der Waals surface area contributed by atoms with Gasteiger partial charge in [-0.2, -0.15) is 0 Å². The Balaban J connectivity index is 1.78. The van der Waals surface area contributed by atoms with E-state index in [1.807, 2.05) is 37.6 Å². The molecule has 3 rings (SSSR count). The molecule has 0 radical (unpaired) electrons. The van der Waals surface area contributed by atoms with E-state index in [1.165, 1.54) is 16.9 Å². The molecule has 1 amide bonds. The lowest BCUT2D eigenvalue weighted by Gasteiger charge is -2.20. The first kappa shape index (κ1) is 19.3. The summed E-state index contributed by atoms with van der Waals surface area (Å²) in [6, 6.07) is 6.07. The van der Waals surface area contributed by atoms with E-state index in [1.54, 1.807) is 46.7 Å². The van der Waals surface area contributed by atoms with Gasteiger partial charge in [0.2, 0.25) is 5.91 Å². The fourth-order valence-corrected chi connectivity index (χ4v) is 5.72. The number of carbonyl (C=O) groups is 1. The third-order valence-electron chi connectivity index (χ3n) is 3.55. The Kier molecular flexibility index (Phi) is 6.33. The first-order valence-corrected chi connectivity index (χ1v) is 11.7. The predicted molar refractivity (Wildman–Crippen MR) is 112 cm³/mol. The number of aromatic nitrogens is 3. The quantitative estimate of drug-likeness (QED) is 0.502. The standard InChI is InChI=1S/C17H18N4OS4/c1-10-5-6-14(11(2)7-10)21(12(3)22)15-18-13(8-24-15)9-25-17-20-19-16(23-4)26-17/h5-8H,9H2,1-4H3. The van der Waals surface area contributed by atoms with E-state index in [0.29, 0.717) is 10.9 Å². The molecule has 0 aliphatic heterocycles. The van der Waals surface area contributed by atoms with Crippen molar-refractivity contribution in [3.8, 4) is 0 Å². The number of aryl methyl sites for hydroxylation is 2. The minimum absolute atomic E-state index is 0.0424. The van der Waals surface area contributed by atoms with Crippen LogP contribution < -0.4 is 4.90 Å². The Morgan fingerprint density at radius 2 is 2.00 bits per heavy atom. The third-order valence-corrected chi connectivity index (χ3v) is 7.49. The highest BCUT2D eigenvalue weighted by atomic mass is 32.2. The Hall–Kier alpha value is -1.42. The van der Waals surface area contributed by atoms with E-state index in [-0.39, 0.29) is 5.91 Å². The highest BCUT2D eigenvalue weighted by Gasteiger charge is 2.20. The summed E-state index contributed by atoms with van der Waals surface area (Å²) in [5.74, 6) is 0.664. The molecule has 0 saturated carbocycles. The number of hydrogen-bond acceptors (Lipinski definition) is 8. The number of amides is 1. The summed E-state index contributed by atoms with van der Waals surface area (Å²) < 4.78 is 1.89. The lowest BCUT2D eigenvalue weighted by molar-refractivity contribution is -0.115. The van der Waals surface area contributed by atoms with Crippen LogP contribution in [0.15, 0.2) is 32.3 Å². The molecule has 0 N–H and O–H groups in total. The van der Waals surface area contributed by atoms with Gasteiger partial charge in [0.15, 0.2) is 13.8 Å². The summed E-state index contributed by atoms with van der Waals surface area (Å²) in [6.45, 7) is 5.63. The van der Waals surface area contributed by atoms with Gasteiger partial charge in [-0.3, -0.25) is 9.69 Å². The monoisotopic (exact) mass is 422 g/mol. The van der Waals surface area contributed by atoms with Crippen LogP contribution in [0.1, 0.15) is 23.7 Å². The maximum atomic E-state index is 12.3. The second-order valence-corrected chi connectivity index (χ2v) is 9.68. The van der Waals surface area contributed by atoms with Gasteiger partial charge in [-0.05, 0) is 31.7 Å². The first-order valence-electron chi connectivity index (χ1n) is 7.80. The molecule has 5 nitrogen and oxygen atoms in total. The van der Waals surface area contributed by atoms with Crippen LogP contribution in [0.2, 0.25) is 0 Å². The summed E-state index contributed by atoms with van der Waals surface area (Å²) in [6.07, 6.45) is 1.99. The Bertz CT molecular complexity index is 921. The summed E-state index contributed by atoms with van der Waals surface area (Å²) in [7, 11) is 0. The molecule has 0 atom stereocenters.